The summed E-state index contributed by atoms with van der Waals surface area (Å²) in [5, 5.41) is 5.46. The van der Waals surface area contributed by atoms with Crippen LogP contribution in [0.15, 0.2) is 40.8 Å². The fourth-order valence-corrected chi connectivity index (χ4v) is 3.80. The van der Waals surface area contributed by atoms with Crippen molar-refractivity contribution in [1.29, 1.82) is 0 Å². The molecule has 2 aromatic rings. The van der Waals surface area contributed by atoms with Crippen LogP contribution in [0.5, 0.6) is 0 Å². The van der Waals surface area contributed by atoms with Gasteiger partial charge in [0.1, 0.15) is 5.82 Å². The summed E-state index contributed by atoms with van der Waals surface area (Å²) in [4.78, 5) is 14.9. The molecule has 1 atom stereocenters. The topological polar surface area (TPSA) is 53.0 Å². The Balaban J connectivity index is 1.47. The number of piperazine rings is 1. The second-order valence-electron chi connectivity index (χ2n) is 5.53. The summed E-state index contributed by atoms with van der Waals surface area (Å²) in [6, 6.07) is 8.09. The predicted molar refractivity (Wildman–Crippen MR) is 92.3 cm³/mol. The largest absolute Gasteiger partial charge is 0.356 e. The number of pyridine rings is 1. The average molecular weight is 329 g/mol. The van der Waals surface area contributed by atoms with Crippen LogP contribution in [0.2, 0.25) is 0 Å². The Labute approximate surface area is 139 Å². The van der Waals surface area contributed by atoms with Gasteiger partial charge in [-0.15, -0.1) is 11.3 Å². The Morgan fingerprint density at radius 3 is 2.74 bits per heavy atom. The number of aromatic nitrogens is 1. The van der Waals surface area contributed by atoms with E-state index in [1.165, 1.54) is 0 Å². The Hall–Kier alpha value is -2.12. The molecule has 2 aromatic heterocycles. The van der Waals surface area contributed by atoms with Gasteiger partial charge in [-0.05, 0) is 23.6 Å². The van der Waals surface area contributed by atoms with E-state index in [2.05, 4.69) is 37.6 Å². The maximum absolute atomic E-state index is 5.56. The number of guanidine groups is 1. The molecular formula is C16H19N5OS. The first-order valence-corrected chi connectivity index (χ1v) is 8.59. The van der Waals surface area contributed by atoms with Crippen LogP contribution in [-0.2, 0) is 4.74 Å². The van der Waals surface area contributed by atoms with Crippen molar-refractivity contribution in [2.45, 2.75) is 6.23 Å². The number of hydrogen-bond donors (Lipinski definition) is 1. The first kappa shape index (κ1) is 14.5. The molecule has 1 N–H and O–H groups in total. The molecule has 2 aliphatic rings. The summed E-state index contributed by atoms with van der Waals surface area (Å²) in [5.74, 6) is 1.95. The average Bonchev–Trinajstić information content (AvgIpc) is 3.10. The van der Waals surface area contributed by atoms with Gasteiger partial charge in [0.25, 0.3) is 0 Å². The smallest absolute Gasteiger partial charge is 0.201 e. The summed E-state index contributed by atoms with van der Waals surface area (Å²) in [7, 11) is 1.73. The van der Waals surface area contributed by atoms with Crippen molar-refractivity contribution in [2.24, 2.45) is 4.99 Å². The Kier molecular flexibility index (Phi) is 3.88. The van der Waals surface area contributed by atoms with E-state index < -0.39 is 0 Å². The number of methoxy groups -OCH3 is 1. The van der Waals surface area contributed by atoms with Gasteiger partial charge in [-0.2, -0.15) is 0 Å². The van der Waals surface area contributed by atoms with Gasteiger partial charge in [0.2, 0.25) is 5.96 Å². The number of aliphatic imine (C=N–C) groups is 1. The first-order chi connectivity index (χ1) is 11.3. The lowest BCUT2D eigenvalue weighted by Gasteiger charge is -2.38. The van der Waals surface area contributed by atoms with Gasteiger partial charge in [-0.1, -0.05) is 6.07 Å². The highest BCUT2D eigenvalue weighted by Crippen LogP contribution is 2.35. The van der Waals surface area contributed by atoms with Crippen molar-refractivity contribution in [3.8, 4) is 0 Å². The lowest BCUT2D eigenvalue weighted by atomic mass is 10.3. The molecule has 0 amide bonds. The standard InChI is InChI=1S/C16H19N5OS/c1-22-15-14-12(5-11-23-14)18-16(19-15)21-9-7-20(8-10-21)13-4-2-3-6-17-13/h2-6,11,15H,7-10H2,1H3,(H,18,19). The summed E-state index contributed by atoms with van der Waals surface area (Å²) < 4.78 is 5.56. The molecule has 0 saturated carbocycles. The van der Waals surface area contributed by atoms with E-state index in [1.54, 1.807) is 18.4 Å². The lowest BCUT2D eigenvalue weighted by molar-refractivity contribution is 0.0888. The molecule has 0 bridgehead atoms. The zero-order valence-electron chi connectivity index (χ0n) is 13.0. The van der Waals surface area contributed by atoms with E-state index in [4.69, 9.17) is 9.73 Å². The molecule has 23 heavy (non-hydrogen) atoms. The number of fused-ring (bicyclic) bond motifs is 1. The molecule has 1 unspecified atom stereocenters. The first-order valence-electron chi connectivity index (χ1n) is 7.71. The predicted octanol–water partition coefficient (Wildman–Crippen LogP) is 2.20. The van der Waals surface area contributed by atoms with Crippen LogP contribution < -0.4 is 10.2 Å². The lowest BCUT2D eigenvalue weighted by Crippen LogP contribution is -2.53. The molecular weight excluding hydrogens is 310 g/mol. The van der Waals surface area contributed by atoms with Gasteiger partial charge in [0, 0.05) is 39.5 Å². The molecule has 0 aliphatic carbocycles. The molecule has 0 aromatic carbocycles. The fourth-order valence-electron chi connectivity index (χ4n) is 2.95. The number of nitrogens with zero attached hydrogens (tertiary/aromatic N) is 4. The van der Waals surface area contributed by atoms with Crippen molar-refractivity contribution < 1.29 is 4.74 Å². The van der Waals surface area contributed by atoms with E-state index in [9.17, 15) is 0 Å². The maximum atomic E-state index is 5.56. The number of anilines is 1. The van der Waals surface area contributed by atoms with Gasteiger partial charge in [0.05, 0.1) is 10.6 Å². The highest BCUT2D eigenvalue weighted by Gasteiger charge is 2.28. The molecule has 1 fully saturated rings. The van der Waals surface area contributed by atoms with Gasteiger partial charge in [0.15, 0.2) is 6.23 Å². The minimum absolute atomic E-state index is 0.105. The van der Waals surface area contributed by atoms with E-state index in [0.29, 0.717) is 0 Å². The van der Waals surface area contributed by atoms with Crippen LogP contribution in [0.25, 0.3) is 0 Å². The van der Waals surface area contributed by atoms with Crippen molar-refractivity contribution in [3.63, 3.8) is 0 Å². The molecule has 1 saturated heterocycles. The van der Waals surface area contributed by atoms with Gasteiger partial charge in [-0.3, -0.25) is 0 Å². The molecule has 6 nitrogen and oxygen atoms in total. The van der Waals surface area contributed by atoms with Crippen LogP contribution in [0.1, 0.15) is 11.1 Å². The van der Waals surface area contributed by atoms with E-state index in [-0.39, 0.29) is 6.23 Å². The van der Waals surface area contributed by atoms with E-state index in [1.807, 2.05) is 18.3 Å². The van der Waals surface area contributed by atoms with Gasteiger partial charge in [-0.25, -0.2) is 9.98 Å². The summed E-state index contributed by atoms with van der Waals surface area (Å²) >= 11 is 1.67. The SMILES string of the molecule is COC1NC(N2CCN(c3ccccn3)CC2)=Nc2ccsc21. The van der Waals surface area contributed by atoms with Crippen molar-refractivity contribution >= 4 is 28.8 Å². The number of nitrogens with one attached hydrogen (secondary N) is 1. The minimum Gasteiger partial charge on any atom is -0.356 e. The third kappa shape index (κ3) is 2.77. The minimum atomic E-state index is -0.105. The second-order valence-corrected chi connectivity index (χ2v) is 6.48. The van der Waals surface area contributed by atoms with E-state index >= 15 is 0 Å². The molecule has 4 rings (SSSR count). The van der Waals surface area contributed by atoms with Gasteiger partial charge < -0.3 is 19.9 Å². The molecule has 2 aliphatic heterocycles. The van der Waals surface area contributed by atoms with E-state index in [0.717, 1.165) is 48.5 Å². The molecule has 0 radical (unpaired) electrons. The number of rotatable bonds is 2. The van der Waals surface area contributed by atoms with Crippen LogP contribution in [-0.4, -0.2) is 49.1 Å². The summed E-state index contributed by atoms with van der Waals surface area (Å²) in [6.45, 7) is 3.70. The van der Waals surface area contributed by atoms with Crippen molar-refractivity contribution in [3.05, 3.63) is 40.7 Å². The molecule has 7 heteroatoms. The highest BCUT2D eigenvalue weighted by atomic mass is 32.1. The highest BCUT2D eigenvalue weighted by molar-refractivity contribution is 7.10. The molecule has 0 spiro atoms. The Morgan fingerprint density at radius 2 is 2.00 bits per heavy atom. The Bertz CT molecular complexity index is 694. The van der Waals surface area contributed by atoms with Gasteiger partial charge >= 0.3 is 0 Å². The molecule has 120 valence electrons. The van der Waals surface area contributed by atoms with Crippen LogP contribution >= 0.6 is 11.3 Å². The Morgan fingerprint density at radius 1 is 1.17 bits per heavy atom. The number of thiophene rings is 1. The second kappa shape index (κ2) is 6.17. The third-order valence-corrected chi connectivity index (χ3v) is 5.14. The number of hydrogen-bond acceptors (Lipinski definition) is 7. The van der Waals surface area contributed by atoms with Crippen LogP contribution in [0.3, 0.4) is 0 Å². The number of ether oxygens (including phenoxy) is 1. The normalized spacial score (nSPS) is 20.7. The summed E-state index contributed by atoms with van der Waals surface area (Å²) in [6.07, 6.45) is 1.74. The van der Waals surface area contributed by atoms with Crippen molar-refractivity contribution in [1.82, 2.24) is 15.2 Å². The van der Waals surface area contributed by atoms with Crippen LogP contribution in [0.4, 0.5) is 11.5 Å². The molecule has 4 heterocycles. The zero-order chi connectivity index (χ0) is 15.6. The van der Waals surface area contributed by atoms with Crippen molar-refractivity contribution in [2.75, 3.05) is 38.2 Å². The fraction of sp³-hybridized carbons (Fsp3) is 0.375. The maximum Gasteiger partial charge on any atom is 0.201 e. The quantitative estimate of drug-likeness (QED) is 0.915. The monoisotopic (exact) mass is 329 g/mol. The summed E-state index contributed by atoms with van der Waals surface area (Å²) in [5.41, 5.74) is 1.02. The third-order valence-electron chi connectivity index (χ3n) is 4.19. The zero-order valence-corrected chi connectivity index (χ0v) is 13.8. The van der Waals surface area contributed by atoms with Crippen LogP contribution in [0, 0.1) is 0 Å².